The van der Waals surface area contributed by atoms with Crippen LogP contribution >= 0.6 is 45.2 Å². The molecule has 0 heterocycles. The van der Waals surface area contributed by atoms with Crippen LogP contribution < -0.4 is 5.73 Å². The number of nitrogens with two attached hydrogens (primary N) is 1. The molecule has 0 aliphatic carbocycles. The minimum Gasteiger partial charge on any atom is -0.508 e. The maximum absolute atomic E-state index is 9.05. The van der Waals surface area contributed by atoms with Gasteiger partial charge in [0.25, 0.3) is 0 Å². The number of rotatable bonds is 0. The summed E-state index contributed by atoms with van der Waals surface area (Å²) in [6.07, 6.45) is 0. The summed E-state index contributed by atoms with van der Waals surface area (Å²) in [6.45, 7) is 0. The molecule has 0 aromatic heterocycles. The summed E-state index contributed by atoms with van der Waals surface area (Å²) in [7, 11) is 0. The third kappa shape index (κ3) is 1.66. The molecule has 0 aliphatic heterocycles. The summed E-state index contributed by atoms with van der Waals surface area (Å²) in [4.78, 5) is 0. The summed E-state index contributed by atoms with van der Waals surface area (Å²) in [5, 5.41) is 9.05. The van der Waals surface area contributed by atoms with Crippen molar-refractivity contribution in [1.82, 2.24) is 0 Å². The van der Waals surface area contributed by atoms with Crippen molar-refractivity contribution in [2.45, 2.75) is 0 Å². The largest absolute Gasteiger partial charge is 0.508 e. The molecule has 2 nitrogen and oxygen atoms in total. The third-order valence-electron chi connectivity index (χ3n) is 1.06. The molecule has 1 rings (SSSR count). The molecule has 0 amide bonds. The van der Waals surface area contributed by atoms with E-state index in [4.69, 9.17) is 10.8 Å². The van der Waals surface area contributed by atoms with Gasteiger partial charge in [0, 0.05) is 7.14 Å². The van der Waals surface area contributed by atoms with Crippen LogP contribution in [0.5, 0.6) is 5.75 Å². The maximum atomic E-state index is 9.05. The number of hydrogen-bond donors (Lipinski definition) is 2. The molecular formula is C6H5I2NO. The lowest BCUT2D eigenvalue weighted by Gasteiger charge is -2.00. The SMILES string of the molecule is Nc1c(I)cc(O)cc1I. The van der Waals surface area contributed by atoms with Crippen LogP contribution in [0.2, 0.25) is 0 Å². The summed E-state index contributed by atoms with van der Waals surface area (Å²) < 4.78 is 1.78. The van der Waals surface area contributed by atoms with Gasteiger partial charge >= 0.3 is 0 Å². The van der Waals surface area contributed by atoms with Gasteiger partial charge in [0.2, 0.25) is 0 Å². The molecule has 0 spiro atoms. The Kier molecular flexibility index (Phi) is 2.61. The number of aromatic hydroxyl groups is 1. The first-order valence-corrected chi connectivity index (χ1v) is 4.70. The van der Waals surface area contributed by atoms with Gasteiger partial charge in [0.05, 0.1) is 5.69 Å². The smallest absolute Gasteiger partial charge is 0.117 e. The van der Waals surface area contributed by atoms with Crippen LogP contribution in [0.4, 0.5) is 5.69 Å². The fraction of sp³-hybridized carbons (Fsp3) is 0. The van der Waals surface area contributed by atoms with Crippen molar-refractivity contribution in [2.24, 2.45) is 0 Å². The van der Waals surface area contributed by atoms with E-state index < -0.39 is 0 Å². The predicted molar refractivity (Wildman–Crippen MR) is 58.0 cm³/mol. The Morgan fingerprint density at radius 1 is 1.20 bits per heavy atom. The Morgan fingerprint density at radius 2 is 1.60 bits per heavy atom. The van der Waals surface area contributed by atoms with E-state index in [9.17, 15) is 0 Å². The van der Waals surface area contributed by atoms with Gasteiger partial charge in [-0.15, -0.1) is 0 Å². The summed E-state index contributed by atoms with van der Waals surface area (Å²) in [5.74, 6) is 0.267. The first-order valence-electron chi connectivity index (χ1n) is 2.54. The number of benzene rings is 1. The summed E-state index contributed by atoms with van der Waals surface area (Å²) in [6, 6.07) is 3.27. The molecule has 0 aliphatic rings. The van der Waals surface area contributed by atoms with Crippen molar-refractivity contribution in [1.29, 1.82) is 0 Å². The number of anilines is 1. The van der Waals surface area contributed by atoms with E-state index in [0.717, 1.165) is 12.8 Å². The molecule has 0 fully saturated rings. The van der Waals surface area contributed by atoms with Gasteiger partial charge in [-0.3, -0.25) is 0 Å². The van der Waals surface area contributed by atoms with Crippen molar-refractivity contribution in [3.8, 4) is 5.75 Å². The van der Waals surface area contributed by atoms with Crippen LogP contribution in [-0.2, 0) is 0 Å². The number of phenols is 1. The normalized spacial score (nSPS) is 9.80. The minimum atomic E-state index is 0.267. The van der Waals surface area contributed by atoms with Gasteiger partial charge in [-0.05, 0) is 57.3 Å². The second kappa shape index (κ2) is 3.12. The van der Waals surface area contributed by atoms with Crippen LogP contribution in [-0.4, -0.2) is 5.11 Å². The first-order chi connectivity index (χ1) is 4.61. The average Bonchev–Trinajstić information content (AvgIpc) is 1.82. The Hall–Kier alpha value is 0.280. The fourth-order valence-corrected chi connectivity index (χ4v) is 2.31. The van der Waals surface area contributed by atoms with Crippen LogP contribution in [0.25, 0.3) is 0 Å². The molecule has 10 heavy (non-hydrogen) atoms. The Balaban J connectivity index is 3.31. The zero-order valence-corrected chi connectivity index (χ0v) is 9.25. The van der Waals surface area contributed by atoms with Gasteiger partial charge < -0.3 is 10.8 Å². The second-order valence-electron chi connectivity index (χ2n) is 1.82. The van der Waals surface area contributed by atoms with E-state index in [1.54, 1.807) is 12.1 Å². The number of phenolic OH excluding ortho intramolecular Hbond substituents is 1. The molecule has 0 bridgehead atoms. The predicted octanol–water partition coefficient (Wildman–Crippen LogP) is 2.18. The maximum Gasteiger partial charge on any atom is 0.117 e. The minimum absolute atomic E-state index is 0.267. The number of halogens is 2. The first kappa shape index (κ1) is 8.38. The highest BCUT2D eigenvalue weighted by molar-refractivity contribution is 14.1. The average molecular weight is 361 g/mol. The molecule has 0 saturated heterocycles. The van der Waals surface area contributed by atoms with Gasteiger partial charge in [-0.2, -0.15) is 0 Å². The van der Waals surface area contributed by atoms with Crippen LogP contribution in [0, 0.1) is 7.14 Å². The Labute approximate surface area is 86.1 Å². The van der Waals surface area contributed by atoms with Crippen LogP contribution in [0.15, 0.2) is 12.1 Å². The van der Waals surface area contributed by atoms with Gasteiger partial charge in [-0.25, -0.2) is 0 Å². The van der Waals surface area contributed by atoms with E-state index in [-0.39, 0.29) is 5.75 Å². The van der Waals surface area contributed by atoms with Crippen molar-refractivity contribution in [3.05, 3.63) is 19.3 Å². The second-order valence-corrected chi connectivity index (χ2v) is 4.15. The quantitative estimate of drug-likeness (QED) is 0.423. The fourth-order valence-electron chi connectivity index (χ4n) is 0.571. The molecule has 3 N–H and O–H groups in total. The zero-order valence-electron chi connectivity index (χ0n) is 4.94. The van der Waals surface area contributed by atoms with Crippen molar-refractivity contribution in [2.75, 3.05) is 5.73 Å². The van der Waals surface area contributed by atoms with Crippen molar-refractivity contribution < 1.29 is 5.11 Å². The molecule has 0 unspecified atom stereocenters. The molecule has 1 aromatic rings. The molecule has 4 heteroatoms. The summed E-state index contributed by atoms with van der Waals surface area (Å²) in [5.41, 5.74) is 6.36. The van der Waals surface area contributed by atoms with Gasteiger partial charge in [-0.1, -0.05) is 0 Å². The highest BCUT2D eigenvalue weighted by Gasteiger charge is 2.01. The molecule has 54 valence electrons. The molecule has 0 radical (unpaired) electrons. The molecule has 0 saturated carbocycles. The Morgan fingerprint density at radius 3 is 2.00 bits per heavy atom. The van der Waals surface area contributed by atoms with E-state index in [1.807, 2.05) is 0 Å². The van der Waals surface area contributed by atoms with Crippen LogP contribution in [0.1, 0.15) is 0 Å². The van der Waals surface area contributed by atoms with E-state index in [2.05, 4.69) is 45.2 Å². The van der Waals surface area contributed by atoms with Gasteiger partial charge in [0.15, 0.2) is 0 Å². The lowest BCUT2D eigenvalue weighted by atomic mass is 10.3. The zero-order chi connectivity index (χ0) is 7.72. The monoisotopic (exact) mass is 361 g/mol. The van der Waals surface area contributed by atoms with Crippen LogP contribution in [0.3, 0.4) is 0 Å². The number of nitrogen functional groups attached to an aromatic ring is 1. The lowest BCUT2D eigenvalue weighted by molar-refractivity contribution is 0.474. The van der Waals surface area contributed by atoms with E-state index in [0.29, 0.717) is 0 Å². The molecule has 0 atom stereocenters. The Bertz CT molecular complexity index is 239. The third-order valence-corrected chi connectivity index (χ3v) is 2.85. The highest BCUT2D eigenvalue weighted by Crippen LogP contribution is 2.26. The lowest BCUT2D eigenvalue weighted by Crippen LogP contribution is -1.91. The topological polar surface area (TPSA) is 46.2 Å². The summed E-state index contributed by atoms with van der Waals surface area (Å²) >= 11 is 4.17. The van der Waals surface area contributed by atoms with Crippen molar-refractivity contribution in [3.63, 3.8) is 0 Å². The molecule has 1 aromatic carbocycles. The number of hydrogen-bond acceptors (Lipinski definition) is 2. The van der Waals surface area contributed by atoms with Crippen molar-refractivity contribution >= 4 is 50.9 Å². The highest BCUT2D eigenvalue weighted by atomic mass is 127. The molecular weight excluding hydrogens is 356 g/mol. The van der Waals surface area contributed by atoms with E-state index >= 15 is 0 Å². The standard InChI is InChI=1S/C6H5I2NO/c7-4-1-3(10)2-5(8)6(4)9/h1-2,10H,9H2. The van der Waals surface area contributed by atoms with Gasteiger partial charge in [0.1, 0.15) is 5.75 Å². The van der Waals surface area contributed by atoms with E-state index in [1.165, 1.54) is 0 Å².